The lowest BCUT2D eigenvalue weighted by molar-refractivity contribution is -0.144. The molecule has 2 N–H and O–H groups in total. The lowest BCUT2D eigenvalue weighted by atomic mass is 9.92. The molecule has 3 aromatic heterocycles. The second-order valence-electron chi connectivity index (χ2n) is 12.9. The van der Waals surface area contributed by atoms with Crippen molar-refractivity contribution in [2.45, 2.75) is 89.6 Å². The number of halogens is 3. The van der Waals surface area contributed by atoms with Gasteiger partial charge in [-0.05, 0) is 62.6 Å². The van der Waals surface area contributed by atoms with E-state index in [-0.39, 0.29) is 30.5 Å². The van der Waals surface area contributed by atoms with Crippen molar-refractivity contribution in [1.82, 2.24) is 29.3 Å². The Morgan fingerprint density at radius 2 is 1.71 bits per heavy atom. The number of fused-ring (bicyclic) bond motifs is 1. The summed E-state index contributed by atoms with van der Waals surface area (Å²) in [4.78, 5) is 32.4. The van der Waals surface area contributed by atoms with Crippen molar-refractivity contribution >= 4 is 5.78 Å². The minimum Gasteiger partial charge on any atom is -0.388 e. The van der Waals surface area contributed by atoms with Crippen LogP contribution in [-0.2, 0) is 23.8 Å². The summed E-state index contributed by atoms with van der Waals surface area (Å²) in [6.07, 6.45) is -1.67. The first-order valence-corrected chi connectivity index (χ1v) is 16.0. The van der Waals surface area contributed by atoms with Crippen LogP contribution in [-0.4, -0.2) is 52.7 Å². The SMILES string of the molecule is CCCc1c(Cc2ccc(-c3ccccc3-c3noc(=O)[nH]3)cc2)c(=O)n([C@H]2CC[C@H](OCC(C)(C)O)CC2)c2nc(C(F)(F)F)nn12. The number of aromatic amines is 1. The van der Waals surface area contributed by atoms with Crippen LogP contribution in [0.2, 0.25) is 0 Å². The zero-order valence-corrected chi connectivity index (χ0v) is 26.9. The fourth-order valence-corrected chi connectivity index (χ4v) is 6.33. The van der Waals surface area contributed by atoms with Gasteiger partial charge in [0.2, 0.25) is 5.78 Å². The molecule has 0 radical (unpaired) electrons. The summed E-state index contributed by atoms with van der Waals surface area (Å²) < 4.78 is 55.0. The Morgan fingerprint density at radius 1 is 1.02 bits per heavy atom. The molecule has 1 saturated carbocycles. The van der Waals surface area contributed by atoms with Gasteiger partial charge in [-0.15, -0.1) is 5.10 Å². The Hall–Kier alpha value is -4.56. The molecule has 6 rings (SSSR count). The fraction of sp³-hybridized carbons (Fsp3) is 0.441. The zero-order chi connectivity index (χ0) is 34.2. The monoisotopic (exact) mass is 666 g/mol. The van der Waals surface area contributed by atoms with Crippen LogP contribution in [0, 0.1) is 0 Å². The Kier molecular flexibility index (Phi) is 9.14. The summed E-state index contributed by atoms with van der Waals surface area (Å²) >= 11 is 0. The van der Waals surface area contributed by atoms with Crippen molar-refractivity contribution < 1.29 is 27.5 Å². The molecule has 0 bridgehead atoms. The second kappa shape index (κ2) is 13.2. The van der Waals surface area contributed by atoms with E-state index >= 15 is 0 Å². The fourth-order valence-electron chi connectivity index (χ4n) is 6.33. The van der Waals surface area contributed by atoms with Gasteiger partial charge in [0.05, 0.1) is 24.0 Å². The van der Waals surface area contributed by atoms with Gasteiger partial charge in [0.1, 0.15) is 0 Å². The number of H-pyrrole nitrogens is 1. The van der Waals surface area contributed by atoms with Crippen molar-refractivity contribution in [3.63, 3.8) is 0 Å². The Morgan fingerprint density at radius 3 is 2.31 bits per heavy atom. The van der Waals surface area contributed by atoms with E-state index in [2.05, 4.69) is 24.7 Å². The molecule has 3 heterocycles. The van der Waals surface area contributed by atoms with Gasteiger partial charge >= 0.3 is 11.9 Å². The van der Waals surface area contributed by atoms with E-state index in [1.165, 1.54) is 9.08 Å². The number of benzene rings is 2. The average molecular weight is 667 g/mol. The number of rotatable bonds is 10. The second-order valence-corrected chi connectivity index (χ2v) is 12.9. The largest absolute Gasteiger partial charge is 0.453 e. The molecule has 1 aliphatic carbocycles. The van der Waals surface area contributed by atoms with Gasteiger partial charge in [0, 0.05) is 23.6 Å². The molecule has 11 nitrogen and oxygen atoms in total. The summed E-state index contributed by atoms with van der Waals surface area (Å²) in [5.74, 6) is -1.77. The Labute approximate surface area is 273 Å². The predicted molar refractivity (Wildman–Crippen MR) is 171 cm³/mol. The molecule has 254 valence electrons. The van der Waals surface area contributed by atoms with Gasteiger partial charge in [-0.2, -0.15) is 18.2 Å². The number of alkyl halides is 3. The highest BCUT2D eigenvalue weighted by Crippen LogP contribution is 2.34. The van der Waals surface area contributed by atoms with Crippen LogP contribution in [0.25, 0.3) is 28.3 Å². The molecule has 1 aliphatic rings. The summed E-state index contributed by atoms with van der Waals surface area (Å²) in [6, 6.07) is 14.5. The summed E-state index contributed by atoms with van der Waals surface area (Å²) in [5.41, 5.74) is 2.49. The molecular weight excluding hydrogens is 629 g/mol. The Bertz CT molecular complexity index is 2010. The van der Waals surface area contributed by atoms with Gasteiger partial charge in [-0.25, -0.2) is 9.31 Å². The third kappa shape index (κ3) is 6.99. The number of ether oxygens (including phenoxy) is 1. The van der Waals surface area contributed by atoms with E-state index in [4.69, 9.17) is 4.74 Å². The standard InChI is InChI=1S/C34H37F3N6O5/c1-4-7-27-26(18-20-10-12-21(13-11-20)24-8-5-6-9-25(24)28-38-32(45)48-41-28)29(44)42(31-39-30(34(35,36)37)40-43(27)31)22-14-16-23(17-15-22)47-19-33(2,3)46/h5-6,8-13,22-23,46H,4,7,14-19H2,1-3H3,(H,38,41,45)/t22-,23-. The minimum absolute atomic E-state index is 0.113. The van der Waals surface area contributed by atoms with E-state index in [0.29, 0.717) is 61.2 Å². The summed E-state index contributed by atoms with van der Waals surface area (Å²) in [5, 5.41) is 17.8. The summed E-state index contributed by atoms with van der Waals surface area (Å²) in [7, 11) is 0. The van der Waals surface area contributed by atoms with Gasteiger partial charge < -0.3 is 9.84 Å². The van der Waals surface area contributed by atoms with Crippen molar-refractivity contribution in [1.29, 1.82) is 0 Å². The molecule has 5 aromatic rings. The van der Waals surface area contributed by atoms with Crippen LogP contribution in [0.1, 0.15) is 81.6 Å². The number of nitrogens with one attached hydrogen (secondary N) is 1. The molecule has 14 heteroatoms. The van der Waals surface area contributed by atoms with Gasteiger partial charge in [0.25, 0.3) is 11.4 Å². The topological polar surface area (TPSA) is 141 Å². The van der Waals surface area contributed by atoms with E-state index in [1.54, 1.807) is 13.8 Å². The number of nitrogens with zero attached hydrogens (tertiary/aromatic N) is 5. The first-order valence-electron chi connectivity index (χ1n) is 16.0. The van der Waals surface area contributed by atoms with Crippen LogP contribution < -0.4 is 11.3 Å². The highest BCUT2D eigenvalue weighted by molar-refractivity contribution is 5.80. The van der Waals surface area contributed by atoms with Gasteiger partial charge in [0.15, 0.2) is 5.82 Å². The molecule has 1 fully saturated rings. The molecule has 0 unspecified atom stereocenters. The number of hydrogen-bond acceptors (Lipinski definition) is 8. The zero-order valence-electron chi connectivity index (χ0n) is 26.9. The molecule has 0 atom stereocenters. The highest BCUT2D eigenvalue weighted by Gasteiger charge is 2.38. The molecule has 0 saturated heterocycles. The van der Waals surface area contributed by atoms with Crippen LogP contribution in [0.5, 0.6) is 0 Å². The average Bonchev–Trinajstić information content (AvgIpc) is 3.69. The maximum Gasteiger partial charge on any atom is 0.453 e. The molecule has 0 amide bonds. The summed E-state index contributed by atoms with van der Waals surface area (Å²) in [6.45, 7) is 5.37. The molecule has 2 aromatic carbocycles. The van der Waals surface area contributed by atoms with Gasteiger partial charge in [-0.3, -0.25) is 18.9 Å². The van der Waals surface area contributed by atoms with E-state index in [1.807, 2.05) is 55.5 Å². The number of hydrogen-bond donors (Lipinski definition) is 2. The van der Waals surface area contributed by atoms with E-state index in [9.17, 15) is 27.9 Å². The van der Waals surface area contributed by atoms with Crippen molar-refractivity contribution in [2.24, 2.45) is 0 Å². The first-order chi connectivity index (χ1) is 22.8. The van der Waals surface area contributed by atoms with Crippen LogP contribution in [0.15, 0.2) is 62.6 Å². The predicted octanol–water partition coefficient (Wildman–Crippen LogP) is 5.73. The lowest BCUT2D eigenvalue weighted by Crippen LogP contribution is -2.36. The van der Waals surface area contributed by atoms with Crippen molar-refractivity contribution in [2.75, 3.05) is 6.61 Å². The lowest BCUT2D eigenvalue weighted by Gasteiger charge is -2.32. The smallest absolute Gasteiger partial charge is 0.388 e. The molecule has 48 heavy (non-hydrogen) atoms. The van der Waals surface area contributed by atoms with Crippen LogP contribution in [0.3, 0.4) is 0 Å². The third-order valence-electron chi connectivity index (χ3n) is 8.58. The highest BCUT2D eigenvalue weighted by atomic mass is 19.4. The maximum absolute atomic E-state index is 14.4. The van der Waals surface area contributed by atoms with Gasteiger partial charge in [-0.1, -0.05) is 67.0 Å². The minimum atomic E-state index is -4.79. The van der Waals surface area contributed by atoms with Crippen LogP contribution in [0.4, 0.5) is 13.2 Å². The number of aliphatic hydroxyl groups is 1. The Balaban J connectivity index is 1.37. The third-order valence-corrected chi connectivity index (χ3v) is 8.58. The van der Waals surface area contributed by atoms with Crippen molar-refractivity contribution in [3.8, 4) is 22.5 Å². The maximum atomic E-state index is 14.4. The first kappa shape index (κ1) is 33.3. The number of aromatic nitrogens is 6. The molecular formula is C34H37F3N6O5. The normalized spacial score (nSPS) is 17.3. The van der Waals surface area contributed by atoms with E-state index < -0.39 is 29.4 Å². The quantitative estimate of drug-likeness (QED) is 0.193. The van der Waals surface area contributed by atoms with E-state index in [0.717, 1.165) is 16.7 Å². The van der Waals surface area contributed by atoms with Crippen molar-refractivity contribution in [3.05, 3.63) is 92.1 Å². The molecule has 0 spiro atoms. The van der Waals surface area contributed by atoms with Crippen LogP contribution >= 0.6 is 0 Å². The number of aryl methyl sites for hydroxylation is 1. The molecule has 0 aliphatic heterocycles.